The third-order valence-electron chi connectivity index (χ3n) is 8.18. The van der Waals surface area contributed by atoms with Crippen LogP contribution in [0.2, 0.25) is 0 Å². The van der Waals surface area contributed by atoms with Crippen LogP contribution in [-0.2, 0) is 7.05 Å². The smallest absolute Gasteiger partial charge is 0.270 e. The van der Waals surface area contributed by atoms with Gasteiger partial charge in [-0.05, 0) is 72.2 Å². The number of hydrogen-bond acceptors (Lipinski definition) is 4. The summed E-state index contributed by atoms with van der Waals surface area (Å²) in [6.07, 6.45) is 1.95. The molecule has 0 spiro atoms. The number of hydrazone groups is 1. The van der Waals surface area contributed by atoms with E-state index in [0.29, 0.717) is 10.2 Å². The SMILES string of the molecule is Cc1c2c(c(C)n1-c1ccccc1)P(=Nc1ccc([N+](=O)[O-])cc1Br)(c1cc3ccccc3n1C)N(c1ccccc1)N=C2. The maximum Gasteiger partial charge on any atom is 0.270 e. The number of benzene rings is 4. The molecule has 1 aliphatic heterocycles. The molecule has 4 aromatic carbocycles. The number of aryl methyl sites for hydroxylation is 1. The van der Waals surface area contributed by atoms with Crippen molar-refractivity contribution in [2.45, 2.75) is 13.8 Å². The average molecular weight is 664 g/mol. The van der Waals surface area contributed by atoms with Gasteiger partial charge >= 0.3 is 0 Å². The van der Waals surface area contributed by atoms with Crippen molar-refractivity contribution >= 4 is 68.1 Å². The molecule has 218 valence electrons. The Morgan fingerprint density at radius 1 is 0.841 bits per heavy atom. The fourth-order valence-corrected chi connectivity index (χ4v) is 10.8. The van der Waals surface area contributed by atoms with Crippen LogP contribution in [0.5, 0.6) is 0 Å². The van der Waals surface area contributed by atoms with Crippen molar-refractivity contribution in [3.63, 3.8) is 0 Å². The minimum Gasteiger partial charge on any atom is -0.341 e. The molecule has 1 atom stereocenters. The van der Waals surface area contributed by atoms with Crippen LogP contribution in [0.15, 0.2) is 124 Å². The van der Waals surface area contributed by atoms with Crippen molar-refractivity contribution < 1.29 is 4.92 Å². The molecule has 0 fully saturated rings. The van der Waals surface area contributed by atoms with Gasteiger partial charge < -0.3 is 9.13 Å². The molecule has 1 unspecified atom stereocenters. The molecule has 8 nitrogen and oxygen atoms in total. The third-order valence-corrected chi connectivity index (χ3v) is 12.5. The predicted octanol–water partition coefficient (Wildman–Crippen LogP) is 8.51. The van der Waals surface area contributed by atoms with Crippen LogP contribution in [0.25, 0.3) is 16.6 Å². The Bertz CT molecular complexity index is 2170. The van der Waals surface area contributed by atoms with Gasteiger partial charge in [-0.1, -0.05) is 54.6 Å². The molecule has 0 radical (unpaired) electrons. The van der Waals surface area contributed by atoms with E-state index in [1.165, 1.54) is 12.1 Å². The third kappa shape index (κ3) is 4.26. The first-order valence-electron chi connectivity index (χ1n) is 14.1. The van der Waals surface area contributed by atoms with Gasteiger partial charge in [-0.2, -0.15) is 5.10 Å². The van der Waals surface area contributed by atoms with Gasteiger partial charge in [0.05, 0.1) is 27.9 Å². The topological polar surface area (TPSA) is 81.0 Å². The lowest BCUT2D eigenvalue weighted by Gasteiger charge is -2.38. The molecule has 0 bridgehead atoms. The van der Waals surface area contributed by atoms with Gasteiger partial charge in [-0.15, -0.1) is 0 Å². The summed E-state index contributed by atoms with van der Waals surface area (Å²) < 4.78 is 12.8. The summed E-state index contributed by atoms with van der Waals surface area (Å²) in [4.78, 5) is 11.2. The Morgan fingerprint density at radius 3 is 2.16 bits per heavy atom. The summed E-state index contributed by atoms with van der Waals surface area (Å²) in [5, 5.41) is 19.0. The number of nitro benzene ring substituents is 1. The monoisotopic (exact) mass is 662 g/mol. The first-order chi connectivity index (χ1) is 21.3. The van der Waals surface area contributed by atoms with E-state index in [-0.39, 0.29) is 5.69 Å². The quantitative estimate of drug-likeness (QED) is 0.105. The lowest BCUT2D eigenvalue weighted by Crippen LogP contribution is -2.37. The molecular formula is C34H28BrN6O2P. The van der Waals surface area contributed by atoms with Crippen LogP contribution in [0.1, 0.15) is 17.0 Å². The summed E-state index contributed by atoms with van der Waals surface area (Å²) in [6.45, 7) is 4.28. The molecule has 2 aromatic heterocycles. The second kappa shape index (κ2) is 10.8. The van der Waals surface area contributed by atoms with Crippen molar-refractivity contribution in [3.05, 3.63) is 141 Å². The maximum atomic E-state index is 11.6. The summed E-state index contributed by atoms with van der Waals surface area (Å²) >= 11 is 3.63. The van der Waals surface area contributed by atoms with Gasteiger partial charge in [0.25, 0.3) is 5.69 Å². The Labute approximate surface area is 263 Å². The van der Waals surface area contributed by atoms with Crippen molar-refractivity contribution in [1.29, 1.82) is 0 Å². The number of para-hydroxylation sites is 3. The Morgan fingerprint density at radius 2 is 1.50 bits per heavy atom. The number of halogens is 1. The molecule has 0 saturated heterocycles. The first-order valence-corrected chi connectivity index (χ1v) is 16.6. The summed E-state index contributed by atoms with van der Waals surface area (Å²) in [6, 6.07) is 35.7. The minimum atomic E-state index is -3.02. The normalized spacial score (nSPS) is 15.9. The zero-order chi connectivity index (χ0) is 30.6. The summed E-state index contributed by atoms with van der Waals surface area (Å²) in [7, 11) is -0.943. The van der Waals surface area contributed by atoms with E-state index in [9.17, 15) is 10.1 Å². The molecule has 6 aromatic rings. The van der Waals surface area contributed by atoms with E-state index in [0.717, 1.165) is 50.0 Å². The van der Waals surface area contributed by atoms with Crippen molar-refractivity contribution in [1.82, 2.24) is 9.13 Å². The van der Waals surface area contributed by atoms with Gasteiger partial charge in [0.2, 0.25) is 0 Å². The molecular weight excluding hydrogens is 635 g/mol. The van der Waals surface area contributed by atoms with Crippen LogP contribution in [0, 0.1) is 24.0 Å². The zero-order valence-corrected chi connectivity index (χ0v) is 26.8. The van der Waals surface area contributed by atoms with Crippen LogP contribution in [0.4, 0.5) is 17.1 Å². The van der Waals surface area contributed by atoms with E-state index in [1.54, 1.807) is 6.07 Å². The lowest BCUT2D eigenvalue weighted by molar-refractivity contribution is -0.384. The number of hydrogen-bond donors (Lipinski definition) is 0. The predicted molar refractivity (Wildman–Crippen MR) is 184 cm³/mol. The van der Waals surface area contributed by atoms with Crippen LogP contribution >= 0.6 is 23.1 Å². The number of nitrogens with zero attached hydrogens (tertiary/aromatic N) is 6. The highest BCUT2D eigenvalue weighted by Gasteiger charge is 2.43. The number of anilines is 1. The Hall–Kier alpha value is -4.72. The molecule has 0 saturated carbocycles. The molecule has 1 aliphatic rings. The van der Waals surface area contributed by atoms with Gasteiger partial charge in [0.1, 0.15) is 0 Å². The molecule has 10 heteroatoms. The van der Waals surface area contributed by atoms with E-state index in [2.05, 4.69) is 93.2 Å². The van der Waals surface area contributed by atoms with Gasteiger partial charge in [-0.25, -0.2) is 9.52 Å². The second-order valence-electron chi connectivity index (χ2n) is 10.7. The number of rotatable bonds is 5. The summed E-state index contributed by atoms with van der Waals surface area (Å²) in [5.74, 6) is 0. The fraction of sp³-hybridized carbons (Fsp3) is 0.0882. The van der Waals surface area contributed by atoms with E-state index >= 15 is 0 Å². The Balaban J connectivity index is 1.68. The van der Waals surface area contributed by atoms with Crippen molar-refractivity contribution in [2.75, 3.05) is 4.78 Å². The number of aromatic nitrogens is 2. The highest BCUT2D eigenvalue weighted by Crippen LogP contribution is 2.60. The summed E-state index contributed by atoms with van der Waals surface area (Å²) in [5.41, 5.74) is 7.83. The average Bonchev–Trinajstić information content (AvgIpc) is 3.52. The lowest BCUT2D eigenvalue weighted by atomic mass is 10.2. The molecule has 3 heterocycles. The van der Waals surface area contributed by atoms with Gasteiger partial charge in [0, 0.05) is 62.5 Å². The van der Waals surface area contributed by atoms with E-state index in [4.69, 9.17) is 9.85 Å². The zero-order valence-electron chi connectivity index (χ0n) is 24.3. The number of non-ortho nitro benzene ring substituents is 1. The van der Waals surface area contributed by atoms with Crippen LogP contribution in [-0.4, -0.2) is 20.3 Å². The maximum absolute atomic E-state index is 11.6. The number of nitro groups is 1. The second-order valence-corrected chi connectivity index (χ2v) is 14.2. The molecule has 44 heavy (non-hydrogen) atoms. The largest absolute Gasteiger partial charge is 0.341 e. The van der Waals surface area contributed by atoms with E-state index in [1.807, 2.05) is 54.7 Å². The fourth-order valence-electron chi connectivity index (χ4n) is 6.21. The van der Waals surface area contributed by atoms with Gasteiger partial charge in [-0.3, -0.25) is 10.1 Å². The minimum absolute atomic E-state index is 0.00246. The Kier molecular flexibility index (Phi) is 6.87. The van der Waals surface area contributed by atoms with Crippen LogP contribution in [0.3, 0.4) is 0 Å². The van der Waals surface area contributed by atoms with Crippen molar-refractivity contribution in [2.24, 2.45) is 16.9 Å². The van der Waals surface area contributed by atoms with Crippen LogP contribution < -0.4 is 15.5 Å². The van der Waals surface area contributed by atoms with Gasteiger partial charge in [0.15, 0.2) is 7.21 Å². The van der Waals surface area contributed by atoms with E-state index < -0.39 is 12.1 Å². The first kappa shape index (κ1) is 28.1. The highest BCUT2D eigenvalue weighted by molar-refractivity contribution is 9.10. The number of fused-ring (bicyclic) bond motifs is 2. The molecule has 0 N–H and O–H groups in total. The molecule has 0 amide bonds. The molecule has 7 rings (SSSR count). The molecule has 0 aliphatic carbocycles. The highest BCUT2D eigenvalue weighted by atomic mass is 79.9. The standard InChI is InChI=1S/C34H28BrN6O2P/c1-23-29-22-36-40(27-15-8-5-9-16-27)44(33-20-25-12-10-11-17-32(25)38(33)3,37-31-19-18-28(41(42)43)21-30(31)35)34(29)24(2)39(23)26-13-6-4-7-14-26/h4-22H,1-3H3. The van der Waals surface area contributed by atoms with Crippen molar-refractivity contribution in [3.8, 4) is 5.69 Å².